The van der Waals surface area contributed by atoms with Crippen LogP contribution >= 0.6 is 0 Å². The summed E-state index contributed by atoms with van der Waals surface area (Å²) in [5.41, 5.74) is 1.68. The van der Waals surface area contributed by atoms with Gasteiger partial charge in [0.05, 0.1) is 17.3 Å². The largest absolute Gasteiger partial charge is 0.574 e. The first-order chi connectivity index (χ1) is 17.0. The number of carbonyl (C=O) groups is 2. The van der Waals surface area contributed by atoms with Crippen LogP contribution in [0.25, 0.3) is 0 Å². The first-order valence-electron chi connectivity index (χ1n) is 10.9. The highest BCUT2D eigenvalue weighted by Crippen LogP contribution is 2.41. The van der Waals surface area contributed by atoms with Gasteiger partial charge in [0.25, 0.3) is 5.91 Å². The molecule has 0 radical (unpaired) electrons. The summed E-state index contributed by atoms with van der Waals surface area (Å²) in [6.07, 6.45) is -3.90. The summed E-state index contributed by atoms with van der Waals surface area (Å²) in [6.45, 7) is 5.68. The molecule has 0 unspecified atom stereocenters. The number of pyridine rings is 1. The van der Waals surface area contributed by atoms with Crippen molar-refractivity contribution in [3.8, 4) is 5.88 Å². The third kappa shape index (κ3) is 4.90. The van der Waals surface area contributed by atoms with Crippen molar-refractivity contribution in [2.24, 2.45) is 0 Å². The molecule has 36 heavy (non-hydrogen) atoms. The Morgan fingerprint density at radius 1 is 1.06 bits per heavy atom. The Hall–Kier alpha value is -4.28. The highest BCUT2D eigenvalue weighted by atomic mass is 19.4. The van der Waals surface area contributed by atoms with Crippen LogP contribution in [0.2, 0.25) is 0 Å². The van der Waals surface area contributed by atoms with Crippen molar-refractivity contribution < 1.29 is 32.6 Å². The first kappa shape index (κ1) is 24.8. The van der Waals surface area contributed by atoms with Crippen molar-refractivity contribution >= 4 is 17.5 Å². The van der Waals surface area contributed by atoms with E-state index in [1.165, 1.54) is 12.1 Å². The van der Waals surface area contributed by atoms with Crippen LogP contribution in [0.1, 0.15) is 53.0 Å². The van der Waals surface area contributed by atoms with Crippen molar-refractivity contribution in [3.63, 3.8) is 0 Å². The number of carbonyl (C=O) groups excluding carboxylic acids is 2. The van der Waals surface area contributed by atoms with E-state index in [-0.39, 0.29) is 28.4 Å². The van der Waals surface area contributed by atoms with Gasteiger partial charge in [0.15, 0.2) is 17.4 Å². The number of Topliss-reactive ketones (excluding diaryl/α,β-unsaturated/α-hetero) is 1. The smallest absolute Gasteiger partial charge is 0.503 e. The topological polar surface area (TPSA) is 106 Å². The number of amides is 1. The fourth-order valence-corrected chi connectivity index (χ4v) is 3.82. The van der Waals surface area contributed by atoms with Crippen LogP contribution in [-0.2, 0) is 4.79 Å². The van der Waals surface area contributed by atoms with E-state index in [2.05, 4.69) is 19.9 Å². The number of aryl methyl sites for hydroxylation is 1. The average molecular weight is 498 g/mol. The van der Waals surface area contributed by atoms with Crippen molar-refractivity contribution in [3.05, 3.63) is 88.4 Å². The van der Waals surface area contributed by atoms with Crippen molar-refractivity contribution in [2.45, 2.75) is 39.1 Å². The number of rotatable bonds is 6. The molecular formula is C25H21F3N4O4. The minimum Gasteiger partial charge on any atom is -0.503 e. The molecule has 1 N–H and O–H groups in total. The van der Waals surface area contributed by atoms with Crippen LogP contribution in [0.5, 0.6) is 5.88 Å². The molecule has 2 aromatic heterocycles. The lowest BCUT2D eigenvalue weighted by Crippen LogP contribution is -2.32. The van der Waals surface area contributed by atoms with Gasteiger partial charge in [-0.3, -0.25) is 14.5 Å². The van der Waals surface area contributed by atoms with E-state index in [0.717, 1.165) is 22.7 Å². The van der Waals surface area contributed by atoms with Gasteiger partial charge in [-0.15, -0.1) is 18.3 Å². The fourth-order valence-electron chi connectivity index (χ4n) is 3.82. The van der Waals surface area contributed by atoms with Gasteiger partial charge in [-0.2, -0.15) is 5.10 Å². The van der Waals surface area contributed by atoms with Crippen LogP contribution in [0, 0.1) is 6.92 Å². The molecule has 1 amide bonds. The van der Waals surface area contributed by atoms with E-state index in [9.17, 15) is 27.9 Å². The van der Waals surface area contributed by atoms with Gasteiger partial charge >= 0.3 is 6.36 Å². The third-order valence-electron chi connectivity index (χ3n) is 5.62. The quantitative estimate of drug-likeness (QED) is 0.478. The van der Waals surface area contributed by atoms with Gasteiger partial charge in [-0.1, -0.05) is 38.1 Å². The molecule has 0 saturated heterocycles. The Labute approximate surface area is 204 Å². The minimum atomic E-state index is -4.94. The van der Waals surface area contributed by atoms with Crippen molar-refractivity contribution in [1.29, 1.82) is 0 Å². The fraction of sp³-hybridized carbons (Fsp3) is 0.240. The first-order valence-corrected chi connectivity index (χ1v) is 10.9. The highest BCUT2D eigenvalue weighted by molar-refractivity contribution is 6.20. The second-order valence-electron chi connectivity index (χ2n) is 8.46. The van der Waals surface area contributed by atoms with Gasteiger partial charge in [0.2, 0.25) is 5.88 Å². The van der Waals surface area contributed by atoms with Gasteiger partial charge in [-0.05, 0) is 42.2 Å². The Morgan fingerprint density at radius 3 is 2.28 bits per heavy atom. The molecule has 0 fully saturated rings. The van der Waals surface area contributed by atoms with Crippen molar-refractivity contribution in [2.75, 3.05) is 4.90 Å². The number of benzene rings is 1. The number of anilines is 1. The molecule has 1 atom stereocenters. The molecule has 3 aromatic rings. The standard InChI is InChI=1S/C25H21F3N4O4/c1-13(2)15-5-7-16(8-6-15)22(33)20-21(17-9-11-19(29-12-17)36-25(26,27)28)32(24(35)23(20)34)18-10-4-14(3)30-31-18/h4-13,21,34H,1-3H3/t21-/m1/s1. The summed E-state index contributed by atoms with van der Waals surface area (Å²) in [5.74, 6) is -2.79. The lowest BCUT2D eigenvalue weighted by Gasteiger charge is -2.25. The van der Waals surface area contributed by atoms with Crippen LogP contribution < -0.4 is 9.64 Å². The molecule has 0 spiro atoms. The van der Waals surface area contributed by atoms with E-state index in [1.807, 2.05) is 13.8 Å². The number of hydrogen-bond donors (Lipinski definition) is 1. The Morgan fingerprint density at radius 2 is 1.75 bits per heavy atom. The van der Waals surface area contributed by atoms with E-state index in [0.29, 0.717) is 5.69 Å². The predicted octanol–water partition coefficient (Wildman–Crippen LogP) is 4.98. The molecule has 0 saturated carbocycles. The summed E-state index contributed by atoms with van der Waals surface area (Å²) in [5, 5.41) is 18.7. The van der Waals surface area contributed by atoms with Gasteiger partial charge in [0, 0.05) is 17.8 Å². The van der Waals surface area contributed by atoms with E-state index in [1.54, 1.807) is 37.3 Å². The Kier molecular flexibility index (Phi) is 6.49. The zero-order valence-electron chi connectivity index (χ0n) is 19.4. The molecule has 0 bridgehead atoms. The summed E-state index contributed by atoms with van der Waals surface area (Å²) in [4.78, 5) is 31.4. The summed E-state index contributed by atoms with van der Waals surface area (Å²) in [6, 6.07) is 10.8. The zero-order valence-corrected chi connectivity index (χ0v) is 19.4. The predicted molar refractivity (Wildman–Crippen MR) is 122 cm³/mol. The number of ether oxygens (including phenoxy) is 1. The molecule has 1 aliphatic rings. The van der Waals surface area contributed by atoms with Crippen molar-refractivity contribution in [1.82, 2.24) is 15.2 Å². The van der Waals surface area contributed by atoms with Crippen LogP contribution in [0.4, 0.5) is 19.0 Å². The third-order valence-corrected chi connectivity index (χ3v) is 5.62. The molecule has 4 rings (SSSR count). The second-order valence-corrected chi connectivity index (χ2v) is 8.46. The lowest BCUT2D eigenvalue weighted by atomic mass is 9.92. The number of aromatic nitrogens is 3. The summed E-state index contributed by atoms with van der Waals surface area (Å²) >= 11 is 0. The number of halogens is 3. The van der Waals surface area contributed by atoms with Gasteiger partial charge < -0.3 is 9.84 Å². The monoisotopic (exact) mass is 498 g/mol. The highest BCUT2D eigenvalue weighted by Gasteiger charge is 2.45. The second kappa shape index (κ2) is 9.40. The molecule has 186 valence electrons. The number of hydrogen-bond acceptors (Lipinski definition) is 7. The summed E-state index contributed by atoms with van der Waals surface area (Å²) in [7, 11) is 0. The Balaban J connectivity index is 1.79. The van der Waals surface area contributed by atoms with Crippen LogP contribution in [-0.4, -0.2) is 38.3 Å². The molecule has 11 heteroatoms. The zero-order chi connectivity index (χ0) is 26.2. The number of aliphatic hydroxyl groups excluding tert-OH is 1. The van der Waals surface area contributed by atoms with E-state index in [4.69, 9.17) is 0 Å². The number of aliphatic hydroxyl groups is 1. The van der Waals surface area contributed by atoms with Gasteiger partial charge in [-0.25, -0.2) is 4.98 Å². The molecule has 3 heterocycles. The Bertz CT molecular complexity index is 1320. The van der Waals surface area contributed by atoms with Gasteiger partial charge in [0.1, 0.15) is 0 Å². The lowest BCUT2D eigenvalue weighted by molar-refractivity contribution is -0.276. The van der Waals surface area contributed by atoms with E-state index >= 15 is 0 Å². The SMILES string of the molecule is Cc1ccc(N2C(=O)C(O)=C(C(=O)c3ccc(C(C)C)cc3)[C@H]2c2ccc(OC(F)(F)F)nc2)nn1. The molecular weight excluding hydrogens is 477 g/mol. The molecule has 1 aliphatic heterocycles. The maximum Gasteiger partial charge on any atom is 0.574 e. The number of alkyl halides is 3. The maximum absolute atomic E-state index is 13.5. The maximum atomic E-state index is 13.5. The molecule has 1 aromatic carbocycles. The molecule has 0 aliphatic carbocycles. The minimum absolute atomic E-state index is 0.0377. The van der Waals surface area contributed by atoms with Crippen LogP contribution in [0.3, 0.4) is 0 Å². The molecule has 8 nitrogen and oxygen atoms in total. The number of ketones is 1. The normalized spacial score (nSPS) is 16.1. The number of nitrogens with zero attached hydrogens (tertiary/aromatic N) is 4. The average Bonchev–Trinajstić information content (AvgIpc) is 3.09. The van der Waals surface area contributed by atoms with E-state index < -0.39 is 35.7 Å². The van der Waals surface area contributed by atoms with Crippen LogP contribution in [0.15, 0.2) is 66.1 Å². The summed E-state index contributed by atoms with van der Waals surface area (Å²) < 4.78 is 41.6.